The average Bonchev–Trinajstić information content (AvgIpc) is 3.29. The highest BCUT2D eigenvalue weighted by molar-refractivity contribution is 5.91. The van der Waals surface area contributed by atoms with Crippen LogP contribution in [0.5, 0.6) is 0 Å². The Morgan fingerprint density at radius 1 is 0.970 bits per heavy atom. The molecule has 0 atom stereocenters. The van der Waals surface area contributed by atoms with Gasteiger partial charge in [0.1, 0.15) is 5.76 Å². The Morgan fingerprint density at radius 3 is 2.30 bits per heavy atom. The van der Waals surface area contributed by atoms with Crippen molar-refractivity contribution in [3.63, 3.8) is 0 Å². The molecule has 2 aromatic heterocycles. The minimum Gasteiger partial charge on any atom is -0.467 e. The van der Waals surface area contributed by atoms with Crippen LogP contribution in [0.4, 0.5) is 0 Å². The van der Waals surface area contributed by atoms with Gasteiger partial charge in [0.05, 0.1) is 25.0 Å². The van der Waals surface area contributed by atoms with Gasteiger partial charge in [0.25, 0.3) is 11.5 Å². The molecule has 2 aromatic carbocycles. The van der Waals surface area contributed by atoms with Gasteiger partial charge in [0.2, 0.25) is 5.69 Å². The third-order valence-corrected chi connectivity index (χ3v) is 5.19. The second-order valence-corrected chi connectivity index (χ2v) is 8.03. The molecule has 0 radical (unpaired) electrons. The molecule has 1 N–H and O–H groups in total. The Labute approximate surface area is 190 Å². The number of amides is 1. The van der Waals surface area contributed by atoms with E-state index in [2.05, 4.69) is 10.4 Å². The summed E-state index contributed by atoms with van der Waals surface area (Å²) in [5, 5.41) is 6.81. The number of hydrogen-bond acceptors (Lipinski definition) is 5. The lowest BCUT2D eigenvalue weighted by Gasteiger charge is -2.13. The number of nitrogens with one attached hydrogen (secondary N) is 1. The molecule has 0 saturated heterocycles. The normalized spacial score (nSPS) is 10.9. The van der Waals surface area contributed by atoms with E-state index in [0.717, 1.165) is 31.5 Å². The number of aromatic nitrogens is 3. The van der Waals surface area contributed by atoms with E-state index >= 15 is 0 Å². The molecule has 0 unspecified atom stereocenters. The Kier molecular flexibility index (Phi) is 6.08. The summed E-state index contributed by atoms with van der Waals surface area (Å²) in [6, 6.07) is 16.4. The second kappa shape index (κ2) is 9.12. The molecular formula is C25H24N4O4. The first-order chi connectivity index (χ1) is 15.8. The van der Waals surface area contributed by atoms with Crippen molar-refractivity contribution in [1.82, 2.24) is 19.7 Å². The first-order valence-electron chi connectivity index (χ1n) is 10.5. The highest BCUT2D eigenvalue weighted by Crippen LogP contribution is 2.11. The van der Waals surface area contributed by atoms with Crippen LogP contribution in [0, 0.1) is 20.8 Å². The highest BCUT2D eigenvalue weighted by Gasteiger charge is 2.21. The van der Waals surface area contributed by atoms with E-state index in [9.17, 15) is 14.4 Å². The molecule has 33 heavy (non-hydrogen) atoms. The fourth-order valence-corrected chi connectivity index (χ4v) is 3.58. The summed E-state index contributed by atoms with van der Waals surface area (Å²) in [7, 11) is 0. The quantitative estimate of drug-likeness (QED) is 0.493. The maximum absolute atomic E-state index is 13.3. The molecule has 1 amide bonds. The monoisotopic (exact) mass is 444 g/mol. The maximum Gasteiger partial charge on any atom is 0.352 e. The van der Waals surface area contributed by atoms with Crippen molar-refractivity contribution in [2.45, 2.75) is 33.9 Å². The third kappa shape index (κ3) is 4.85. The zero-order chi connectivity index (χ0) is 23.5. The predicted octanol–water partition coefficient (Wildman–Crippen LogP) is 2.89. The number of aryl methyl sites for hydroxylation is 3. The second-order valence-electron chi connectivity index (χ2n) is 8.03. The Bertz CT molecular complexity index is 1390. The Hall–Kier alpha value is -4.20. The van der Waals surface area contributed by atoms with Crippen molar-refractivity contribution in [1.29, 1.82) is 0 Å². The number of carbonyl (C=O) groups excluding carboxylic acids is 1. The lowest BCUT2D eigenvalue weighted by molar-refractivity contribution is 0.0938. The van der Waals surface area contributed by atoms with E-state index in [-0.39, 0.29) is 18.8 Å². The van der Waals surface area contributed by atoms with Crippen molar-refractivity contribution in [2.75, 3.05) is 0 Å². The summed E-state index contributed by atoms with van der Waals surface area (Å²) in [6.07, 6.45) is 1.49. The molecule has 0 saturated carbocycles. The van der Waals surface area contributed by atoms with E-state index in [1.807, 2.05) is 51.1 Å². The molecule has 4 aromatic rings. The summed E-state index contributed by atoms with van der Waals surface area (Å²) in [6.45, 7) is 5.87. The van der Waals surface area contributed by atoms with Crippen molar-refractivity contribution in [2.24, 2.45) is 0 Å². The average molecular weight is 444 g/mol. The molecule has 2 heterocycles. The highest BCUT2D eigenvalue weighted by atomic mass is 16.3. The lowest BCUT2D eigenvalue weighted by Crippen LogP contribution is -2.46. The van der Waals surface area contributed by atoms with Crippen LogP contribution in [0.3, 0.4) is 0 Å². The number of hydrogen-bond donors (Lipinski definition) is 1. The van der Waals surface area contributed by atoms with Crippen molar-refractivity contribution >= 4 is 5.91 Å². The Morgan fingerprint density at radius 2 is 1.67 bits per heavy atom. The molecule has 8 nitrogen and oxygen atoms in total. The summed E-state index contributed by atoms with van der Waals surface area (Å²) >= 11 is 0. The molecule has 0 spiro atoms. The minimum atomic E-state index is -0.752. The minimum absolute atomic E-state index is 0.0176. The van der Waals surface area contributed by atoms with Gasteiger partial charge in [-0.3, -0.25) is 14.2 Å². The van der Waals surface area contributed by atoms with Crippen LogP contribution in [0.25, 0.3) is 5.69 Å². The number of rotatable bonds is 6. The van der Waals surface area contributed by atoms with Crippen LogP contribution in [-0.4, -0.2) is 20.3 Å². The number of furan rings is 1. The molecule has 8 heteroatoms. The zero-order valence-electron chi connectivity index (χ0n) is 18.7. The summed E-state index contributed by atoms with van der Waals surface area (Å²) in [5.41, 5.74) is 2.43. The lowest BCUT2D eigenvalue weighted by atomic mass is 10.1. The SMILES string of the molecule is Cc1ccc(Cn2c(=O)c(C(=O)NCc3ccco3)nn(-c3cc(C)cc(C)c3)c2=O)cc1. The summed E-state index contributed by atoms with van der Waals surface area (Å²) in [5.74, 6) is -0.154. The molecule has 0 aliphatic rings. The molecule has 0 aliphatic heterocycles. The number of carbonyl (C=O) groups is 1. The number of benzene rings is 2. The standard InChI is InChI=1S/C25H24N4O4/c1-16-6-8-19(9-7-16)15-28-24(31)22(23(30)26-14-21-5-4-10-33-21)27-29(25(28)32)20-12-17(2)11-18(3)13-20/h4-13H,14-15H2,1-3H3,(H,26,30). The van der Waals surface area contributed by atoms with Gasteiger partial charge in [-0.05, 0) is 61.7 Å². The topological polar surface area (TPSA) is 99.1 Å². The van der Waals surface area contributed by atoms with E-state index in [0.29, 0.717) is 11.4 Å². The molecule has 4 rings (SSSR count). The molecule has 0 bridgehead atoms. The van der Waals surface area contributed by atoms with Gasteiger partial charge >= 0.3 is 5.69 Å². The van der Waals surface area contributed by atoms with Crippen molar-refractivity contribution in [3.05, 3.63) is 115 Å². The molecule has 168 valence electrons. The fraction of sp³-hybridized carbons (Fsp3) is 0.200. The van der Waals surface area contributed by atoms with Gasteiger partial charge in [0.15, 0.2) is 0 Å². The van der Waals surface area contributed by atoms with Crippen LogP contribution < -0.4 is 16.6 Å². The fourth-order valence-electron chi connectivity index (χ4n) is 3.58. The van der Waals surface area contributed by atoms with Crippen molar-refractivity contribution in [3.8, 4) is 5.69 Å². The van der Waals surface area contributed by atoms with E-state index in [1.54, 1.807) is 24.3 Å². The first kappa shape index (κ1) is 22.0. The van der Waals surface area contributed by atoms with E-state index in [4.69, 9.17) is 4.42 Å². The Balaban J connectivity index is 1.82. The van der Waals surface area contributed by atoms with Gasteiger partial charge < -0.3 is 9.73 Å². The van der Waals surface area contributed by atoms with Gasteiger partial charge in [-0.25, -0.2) is 4.79 Å². The maximum atomic E-state index is 13.3. The smallest absolute Gasteiger partial charge is 0.352 e. The largest absolute Gasteiger partial charge is 0.467 e. The van der Waals surface area contributed by atoms with Gasteiger partial charge in [-0.15, -0.1) is 0 Å². The summed E-state index contributed by atoms with van der Waals surface area (Å²) < 4.78 is 7.37. The summed E-state index contributed by atoms with van der Waals surface area (Å²) in [4.78, 5) is 39.4. The van der Waals surface area contributed by atoms with Crippen LogP contribution in [0.2, 0.25) is 0 Å². The zero-order valence-corrected chi connectivity index (χ0v) is 18.7. The van der Waals surface area contributed by atoms with Gasteiger partial charge in [-0.2, -0.15) is 9.78 Å². The molecular weight excluding hydrogens is 420 g/mol. The first-order valence-corrected chi connectivity index (χ1v) is 10.5. The van der Waals surface area contributed by atoms with Crippen LogP contribution in [0.1, 0.15) is 38.5 Å². The van der Waals surface area contributed by atoms with Gasteiger partial charge in [-0.1, -0.05) is 35.9 Å². The van der Waals surface area contributed by atoms with Gasteiger partial charge in [0, 0.05) is 0 Å². The molecule has 0 aliphatic carbocycles. The van der Waals surface area contributed by atoms with E-state index in [1.165, 1.54) is 6.26 Å². The van der Waals surface area contributed by atoms with Crippen LogP contribution >= 0.6 is 0 Å². The number of nitrogens with zero attached hydrogens (tertiary/aromatic N) is 3. The molecule has 0 fully saturated rings. The van der Waals surface area contributed by atoms with E-state index < -0.39 is 17.2 Å². The van der Waals surface area contributed by atoms with Crippen LogP contribution in [0.15, 0.2) is 74.9 Å². The predicted molar refractivity (Wildman–Crippen MR) is 124 cm³/mol. The third-order valence-electron chi connectivity index (χ3n) is 5.19. The van der Waals surface area contributed by atoms with Crippen molar-refractivity contribution < 1.29 is 9.21 Å². The van der Waals surface area contributed by atoms with Crippen LogP contribution in [-0.2, 0) is 13.1 Å².